The SMILES string of the molecule is NC(=O)COc1cccc(NC(=O)c2ccsc2)c1. The Kier molecular flexibility index (Phi) is 4.15. The number of carbonyl (C=O) groups excluding carboxylic acids is 2. The molecule has 98 valence electrons. The molecule has 0 aliphatic carbocycles. The van der Waals surface area contributed by atoms with Crippen molar-refractivity contribution in [2.45, 2.75) is 0 Å². The molecule has 2 rings (SSSR count). The van der Waals surface area contributed by atoms with E-state index in [4.69, 9.17) is 10.5 Å². The van der Waals surface area contributed by atoms with Crippen molar-refractivity contribution < 1.29 is 14.3 Å². The number of nitrogens with one attached hydrogen (secondary N) is 1. The van der Waals surface area contributed by atoms with Gasteiger partial charge in [0.25, 0.3) is 11.8 Å². The summed E-state index contributed by atoms with van der Waals surface area (Å²) in [5, 5.41) is 6.35. The zero-order valence-corrected chi connectivity index (χ0v) is 10.8. The zero-order valence-electron chi connectivity index (χ0n) is 9.96. The molecule has 0 bridgehead atoms. The largest absolute Gasteiger partial charge is 0.484 e. The minimum Gasteiger partial charge on any atom is -0.484 e. The van der Waals surface area contributed by atoms with Gasteiger partial charge in [0, 0.05) is 17.1 Å². The summed E-state index contributed by atoms with van der Waals surface area (Å²) in [6, 6.07) is 8.52. The third-order valence-corrected chi connectivity index (χ3v) is 2.94. The molecule has 0 aliphatic heterocycles. The van der Waals surface area contributed by atoms with Crippen LogP contribution in [0.2, 0.25) is 0 Å². The van der Waals surface area contributed by atoms with Gasteiger partial charge in [0.05, 0.1) is 5.56 Å². The first kappa shape index (κ1) is 13.1. The molecule has 0 saturated heterocycles. The van der Waals surface area contributed by atoms with Crippen LogP contribution in [0.25, 0.3) is 0 Å². The van der Waals surface area contributed by atoms with Crippen LogP contribution in [0.4, 0.5) is 5.69 Å². The van der Waals surface area contributed by atoms with Crippen LogP contribution in [0.3, 0.4) is 0 Å². The van der Waals surface area contributed by atoms with Crippen LogP contribution in [0.1, 0.15) is 10.4 Å². The van der Waals surface area contributed by atoms with Crippen LogP contribution < -0.4 is 15.8 Å². The number of anilines is 1. The lowest BCUT2D eigenvalue weighted by atomic mass is 10.2. The van der Waals surface area contributed by atoms with Crippen molar-refractivity contribution in [3.05, 3.63) is 46.7 Å². The Hall–Kier alpha value is -2.34. The van der Waals surface area contributed by atoms with E-state index in [-0.39, 0.29) is 12.5 Å². The summed E-state index contributed by atoms with van der Waals surface area (Å²) >= 11 is 1.46. The highest BCUT2D eigenvalue weighted by molar-refractivity contribution is 7.08. The Balaban J connectivity index is 2.02. The van der Waals surface area contributed by atoms with Crippen LogP contribution in [0.15, 0.2) is 41.1 Å². The van der Waals surface area contributed by atoms with Gasteiger partial charge in [0.2, 0.25) is 0 Å². The maximum absolute atomic E-state index is 11.8. The molecule has 0 saturated carbocycles. The summed E-state index contributed by atoms with van der Waals surface area (Å²) in [6.07, 6.45) is 0. The molecule has 0 aliphatic rings. The van der Waals surface area contributed by atoms with Crippen molar-refractivity contribution in [3.63, 3.8) is 0 Å². The smallest absolute Gasteiger partial charge is 0.256 e. The third kappa shape index (κ3) is 3.82. The van der Waals surface area contributed by atoms with E-state index in [2.05, 4.69) is 5.32 Å². The van der Waals surface area contributed by atoms with Crippen molar-refractivity contribution in [1.82, 2.24) is 0 Å². The average molecular weight is 276 g/mol. The number of thiophene rings is 1. The van der Waals surface area contributed by atoms with E-state index in [1.54, 1.807) is 35.7 Å². The standard InChI is InChI=1S/C13H12N2O3S/c14-12(16)7-18-11-3-1-2-10(6-11)15-13(17)9-4-5-19-8-9/h1-6,8H,7H2,(H2,14,16)(H,15,17). The Morgan fingerprint density at radius 1 is 1.32 bits per heavy atom. The predicted octanol–water partition coefficient (Wildman–Crippen LogP) is 1.86. The zero-order chi connectivity index (χ0) is 13.7. The van der Waals surface area contributed by atoms with Gasteiger partial charge in [0.15, 0.2) is 6.61 Å². The molecule has 19 heavy (non-hydrogen) atoms. The molecule has 1 aromatic heterocycles. The first-order chi connectivity index (χ1) is 9.15. The highest BCUT2D eigenvalue weighted by Crippen LogP contribution is 2.18. The van der Waals surface area contributed by atoms with Crippen LogP contribution in [0, 0.1) is 0 Å². The Morgan fingerprint density at radius 2 is 2.16 bits per heavy atom. The summed E-state index contributed by atoms with van der Waals surface area (Å²) in [6.45, 7) is -0.193. The topological polar surface area (TPSA) is 81.4 Å². The molecule has 0 spiro atoms. The first-order valence-electron chi connectivity index (χ1n) is 5.50. The molecule has 2 aromatic rings. The molecule has 1 aromatic carbocycles. The Labute approximate surface area is 114 Å². The molecule has 5 nitrogen and oxygen atoms in total. The second-order valence-corrected chi connectivity index (χ2v) is 4.53. The Morgan fingerprint density at radius 3 is 2.84 bits per heavy atom. The molecule has 0 radical (unpaired) electrons. The number of rotatable bonds is 5. The normalized spacial score (nSPS) is 9.89. The van der Waals surface area contributed by atoms with E-state index in [1.807, 2.05) is 5.38 Å². The number of nitrogens with two attached hydrogens (primary N) is 1. The van der Waals surface area contributed by atoms with E-state index in [1.165, 1.54) is 11.3 Å². The van der Waals surface area contributed by atoms with Gasteiger partial charge in [-0.3, -0.25) is 9.59 Å². The summed E-state index contributed by atoms with van der Waals surface area (Å²) < 4.78 is 5.16. The number of benzene rings is 1. The number of hydrogen-bond acceptors (Lipinski definition) is 4. The molecule has 3 N–H and O–H groups in total. The summed E-state index contributed by atoms with van der Waals surface area (Å²) in [5.41, 5.74) is 6.19. The minimum atomic E-state index is -0.548. The lowest BCUT2D eigenvalue weighted by Crippen LogP contribution is -2.20. The molecular formula is C13H12N2O3S. The summed E-state index contributed by atoms with van der Waals surface area (Å²) in [5.74, 6) is -0.261. The lowest BCUT2D eigenvalue weighted by molar-refractivity contribution is -0.119. The average Bonchev–Trinajstić information content (AvgIpc) is 2.91. The molecule has 2 amide bonds. The van der Waals surface area contributed by atoms with Crippen molar-refractivity contribution in [1.29, 1.82) is 0 Å². The fourth-order valence-electron chi connectivity index (χ4n) is 1.42. The predicted molar refractivity (Wildman–Crippen MR) is 73.4 cm³/mol. The van der Waals surface area contributed by atoms with Crippen molar-refractivity contribution >= 4 is 28.8 Å². The van der Waals surface area contributed by atoms with Crippen molar-refractivity contribution in [3.8, 4) is 5.75 Å². The number of ether oxygens (including phenoxy) is 1. The second-order valence-electron chi connectivity index (χ2n) is 3.75. The first-order valence-corrected chi connectivity index (χ1v) is 6.44. The van der Waals surface area contributed by atoms with Gasteiger partial charge in [-0.1, -0.05) is 6.07 Å². The van der Waals surface area contributed by atoms with Crippen molar-refractivity contribution in [2.24, 2.45) is 5.73 Å². The van der Waals surface area contributed by atoms with Crippen LogP contribution in [-0.4, -0.2) is 18.4 Å². The fraction of sp³-hybridized carbons (Fsp3) is 0.0769. The Bertz CT molecular complexity index is 581. The maximum atomic E-state index is 11.8. The molecule has 1 heterocycles. The highest BCUT2D eigenvalue weighted by Gasteiger charge is 2.06. The van der Waals surface area contributed by atoms with E-state index >= 15 is 0 Å². The van der Waals surface area contributed by atoms with E-state index in [0.29, 0.717) is 17.0 Å². The molecule has 0 atom stereocenters. The summed E-state index contributed by atoms with van der Waals surface area (Å²) in [7, 11) is 0. The fourth-order valence-corrected chi connectivity index (χ4v) is 2.05. The van der Waals surface area contributed by atoms with Gasteiger partial charge < -0.3 is 15.8 Å². The number of hydrogen-bond donors (Lipinski definition) is 2. The number of carbonyl (C=O) groups is 2. The highest BCUT2D eigenvalue weighted by atomic mass is 32.1. The monoisotopic (exact) mass is 276 g/mol. The van der Waals surface area contributed by atoms with Gasteiger partial charge in [-0.25, -0.2) is 0 Å². The van der Waals surface area contributed by atoms with E-state index < -0.39 is 5.91 Å². The molecule has 6 heteroatoms. The van der Waals surface area contributed by atoms with Gasteiger partial charge in [-0.15, -0.1) is 0 Å². The maximum Gasteiger partial charge on any atom is 0.256 e. The minimum absolute atomic E-state index is 0.187. The van der Waals surface area contributed by atoms with Gasteiger partial charge in [-0.2, -0.15) is 11.3 Å². The van der Waals surface area contributed by atoms with E-state index in [9.17, 15) is 9.59 Å². The van der Waals surface area contributed by atoms with Crippen LogP contribution in [0.5, 0.6) is 5.75 Å². The lowest BCUT2D eigenvalue weighted by Gasteiger charge is -2.07. The second kappa shape index (κ2) is 6.01. The van der Waals surface area contributed by atoms with Gasteiger partial charge in [0.1, 0.15) is 5.75 Å². The molecular weight excluding hydrogens is 264 g/mol. The third-order valence-electron chi connectivity index (χ3n) is 2.26. The van der Waals surface area contributed by atoms with Crippen LogP contribution >= 0.6 is 11.3 Å². The molecule has 0 fully saturated rings. The summed E-state index contributed by atoms with van der Waals surface area (Å²) in [4.78, 5) is 22.5. The van der Waals surface area contributed by atoms with E-state index in [0.717, 1.165) is 0 Å². The molecule has 0 unspecified atom stereocenters. The van der Waals surface area contributed by atoms with Gasteiger partial charge in [-0.05, 0) is 23.6 Å². The van der Waals surface area contributed by atoms with Crippen LogP contribution in [-0.2, 0) is 4.79 Å². The quantitative estimate of drug-likeness (QED) is 0.874. The van der Waals surface area contributed by atoms with Gasteiger partial charge >= 0.3 is 0 Å². The number of amides is 2. The number of primary amides is 1. The van der Waals surface area contributed by atoms with Crippen molar-refractivity contribution in [2.75, 3.05) is 11.9 Å².